The Bertz CT molecular complexity index is 1260. The van der Waals surface area contributed by atoms with E-state index >= 15 is 0 Å². The molecule has 0 amide bonds. The first kappa shape index (κ1) is 17.3. The van der Waals surface area contributed by atoms with E-state index in [4.69, 9.17) is 5.73 Å². The summed E-state index contributed by atoms with van der Waals surface area (Å²) in [6.45, 7) is 2.24. The first-order chi connectivity index (χ1) is 14.3. The highest BCUT2D eigenvalue weighted by Gasteiger charge is 2.12. The highest BCUT2D eigenvalue weighted by Crippen LogP contribution is 2.29. The molecule has 0 saturated heterocycles. The molecule has 0 radical (unpaired) electrons. The van der Waals surface area contributed by atoms with Crippen LogP contribution < -0.4 is 11.1 Å². The topological polar surface area (TPSA) is 110 Å². The van der Waals surface area contributed by atoms with Crippen molar-refractivity contribution in [3.8, 4) is 11.3 Å². The van der Waals surface area contributed by atoms with E-state index in [1.165, 1.54) is 0 Å². The van der Waals surface area contributed by atoms with Gasteiger partial charge in [-0.05, 0) is 24.3 Å². The highest BCUT2D eigenvalue weighted by molar-refractivity contribution is 6.08. The van der Waals surface area contributed by atoms with Crippen molar-refractivity contribution < 1.29 is 0 Å². The van der Waals surface area contributed by atoms with Crippen LogP contribution in [0.3, 0.4) is 0 Å². The molecule has 0 aliphatic carbocycles. The number of anilines is 1. The minimum Gasteiger partial charge on any atom is -0.382 e. The number of nitrogens with two attached hydrogens (primary N) is 1. The van der Waals surface area contributed by atoms with Gasteiger partial charge in [-0.15, -0.1) is 0 Å². The molecule has 4 heterocycles. The van der Waals surface area contributed by atoms with Gasteiger partial charge in [0, 0.05) is 48.0 Å². The van der Waals surface area contributed by atoms with E-state index in [1.54, 1.807) is 12.4 Å². The van der Waals surface area contributed by atoms with Gasteiger partial charge in [0.25, 0.3) is 0 Å². The van der Waals surface area contributed by atoms with Gasteiger partial charge in [-0.1, -0.05) is 18.2 Å². The third-order valence-corrected chi connectivity index (χ3v) is 4.89. The summed E-state index contributed by atoms with van der Waals surface area (Å²) in [6, 6.07) is 14.0. The SMILES string of the molecule is Nc1nc2cc(-c3ccn[nH]3)ccc2c2cn(CCNCc3ccccn3)nc12. The number of hydrogen-bond donors (Lipinski definition) is 3. The molecule has 1 aromatic carbocycles. The van der Waals surface area contributed by atoms with Crippen LogP contribution in [0, 0.1) is 0 Å². The normalized spacial score (nSPS) is 11.4. The van der Waals surface area contributed by atoms with E-state index in [0.29, 0.717) is 5.82 Å². The molecule has 8 nitrogen and oxygen atoms in total. The average Bonchev–Trinajstić information content (AvgIpc) is 3.42. The number of fused-ring (bicyclic) bond motifs is 3. The van der Waals surface area contributed by atoms with Gasteiger partial charge in [-0.2, -0.15) is 10.2 Å². The van der Waals surface area contributed by atoms with Crippen LogP contribution in [0.5, 0.6) is 0 Å². The Labute approximate surface area is 166 Å². The van der Waals surface area contributed by atoms with Crippen molar-refractivity contribution in [1.82, 2.24) is 35.3 Å². The van der Waals surface area contributed by atoms with Crippen LogP contribution in [-0.4, -0.2) is 36.5 Å². The molecule has 8 heteroatoms. The molecule has 4 N–H and O–H groups in total. The minimum atomic E-state index is 0.439. The van der Waals surface area contributed by atoms with Crippen LogP contribution in [0.1, 0.15) is 5.69 Å². The summed E-state index contributed by atoms with van der Waals surface area (Å²) in [4.78, 5) is 8.88. The summed E-state index contributed by atoms with van der Waals surface area (Å²) in [7, 11) is 0. The van der Waals surface area contributed by atoms with Crippen LogP contribution in [0.25, 0.3) is 33.1 Å². The lowest BCUT2D eigenvalue weighted by atomic mass is 10.1. The molecule has 0 aliphatic heterocycles. The number of pyridine rings is 2. The molecule has 144 valence electrons. The number of rotatable bonds is 6. The summed E-state index contributed by atoms with van der Waals surface area (Å²) in [5.41, 5.74) is 10.8. The second-order valence-electron chi connectivity index (χ2n) is 6.85. The molecule has 0 fully saturated rings. The molecule has 0 atom stereocenters. The van der Waals surface area contributed by atoms with E-state index in [2.05, 4.69) is 42.7 Å². The Balaban J connectivity index is 1.38. The fraction of sp³-hybridized carbons (Fsp3) is 0.143. The van der Waals surface area contributed by atoms with Gasteiger partial charge in [0.1, 0.15) is 5.52 Å². The Morgan fingerprint density at radius 1 is 1.07 bits per heavy atom. The number of aromatic nitrogens is 6. The number of hydrogen-bond acceptors (Lipinski definition) is 6. The second kappa shape index (κ2) is 7.33. The van der Waals surface area contributed by atoms with Crippen LogP contribution in [0.15, 0.2) is 61.1 Å². The number of nitrogens with zero attached hydrogens (tertiary/aromatic N) is 5. The molecule has 0 aliphatic rings. The summed E-state index contributed by atoms with van der Waals surface area (Å²) in [5, 5.41) is 17.1. The summed E-state index contributed by atoms with van der Waals surface area (Å²) in [5.74, 6) is 0.439. The fourth-order valence-electron chi connectivity index (χ4n) is 3.45. The molecule has 0 spiro atoms. The summed E-state index contributed by atoms with van der Waals surface area (Å²) >= 11 is 0. The Morgan fingerprint density at radius 3 is 2.86 bits per heavy atom. The van der Waals surface area contributed by atoms with Crippen LogP contribution in [-0.2, 0) is 13.1 Å². The molecule has 4 aromatic heterocycles. The van der Waals surface area contributed by atoms with Crippen molar-refractivity contribution in [3.63, 3.8) is 0 Å². The number of H-pyrrole nitrogens is 1. The molecule has 0 bridgehead atoms. The van der Waals surface area contributed by atoms with Crippen LogP contribution >= 0.6 is 0 Å². The fourth-order valence-corrected chi connectivity index (χ4v) is 3.45. The average molecular weight is 384 g/mol. The van der Waals surface area contributed by atoms with Gasteiger partial charge in [0.15, 0.2) is 5.82 Å². The quantitative estimate of drug-likeness (QED) is 0.388. The van der Waals surface area contributed by atoms with Gasteiger partial charge in [-0.3, -0.25) is 14.8 Å². The zero-order valence-corrected chi connectivity index (χ0v) is 15.7. The van der Waals surface area contributed by atoms with E-state index in [-0.39, 0.29) is 0 Å². The first-order valence-electron chi connectivity index (χ1n) is 9.45. The molecule has 29 heavy (non-hydrogen) atoms. The lowest BCUT2D eigenvalue weighted by molar-refractivity contribution is 0.555. The van der Waals surface area contributed by atoms with Gasteiger partial charge in [-0.25, -0.2) is 4.98 Å². The maximum absolute atomic E-state index is 6.20. The van der Waals surface area contributed by atoms with Crippen molar-refractivity contribution in [2.24, 2.45) is 0 Å². The lowest BCUT2D eigenvalue weighted by Gasteiger charge is -2.04. The number of benzene rings is 1. The number of aromatic amines is 1. The van der Waals surface area contributed by atoms with Crippen molar-refractivity contribution in [2.45, 2.75) is 13.1 Å². The predicted molar refractivity (Wildman–Crippen MR) is 113 cm³/mol. The highest BCUT2D eigenvalue weighted by atomic mass is 15.3. The summed E-state index contributed by atoms with van der Waals surface area (Å²) < 4.78 is 1.91. The van der Waals surface area contributed by atoms with E-state index in [0.717, 1.165) is 58.4 Å². The van der Waals surface area contributed by atoms with Crippen molar-refractivity contribution >= 4 is 27.6 Å². The van der Waals surface area contributed by atoms with Crippen molar-refractivity contribution in [2.75, 3.05) is 12.3 Å². The Morgan fingerprint density at radius 2 is 2.03 bits per heavy atom. The molecule has 5 rings (SSSR count). The Kier molecular flexibility index (Phi) is 4.38. The molecule has 0 unspecified atom stereocenters. The van der Waals surface area contributed by atoms with Crippen molar-refractivity contribution in [1.29, 1.82) is 0 Å². The predicted octanol–water partition coefficient (Wildman–Crippen LogP) is 2.74. The smallest absolute Gasteiger partial charge is 0.152 e. The molecule has 5 aromatic rings. The van der Waals surface area contributed by atoms with Gasteiger partial charge < -0.3 is 11.1 Å². The van der Waals surface area contributed by atoms with Crippen LogP contribution in [0.4, 0.5) is 5.82 Å². The minimum absolute atomic E-state index is 0.439. The van der Waals surface area contributed by atoms with Gasteiger partial charge >= 0.3 is 0 Å². The molecular formula is C21H20N8. The van der Waals surface area contributed by atoms with E-state index in [9.17, 15) is 0 Å². The van der Waals surface area contributed by atoms with Gasteiger partial charge in [0.2, 0.25) is 0 Å². The second-order valence-corrected chi connectivity index (χ2v) is 6.85. The Hall–Kier alpha value is -3.78. The van der Waals surface area contributed by atoms with E-state index < -0.39 is 0 Å². The third-order valence-electron chi connectivity index (χ3n) is 4.89. The van der Waals surface area contributed by atoms with Gasteiger partial charge in [0.05, 0.1) is 23.4 Å². The molecular weight excluding hydrogens is 364 g/mol. The van der Waals surface area contributed by atoms with Crippen LogP contribution in [0.2, 0.25) is 0 Å². The maximum atomic E-state index is 6.20. The lowest BCUT2D eigenvalue weighted by Crippen LogP contribution is -2.20. The standard InChI is InChI=1S/C21H20N8/c22-21-20-17(13-29(28-20)10-9-23-12-15-3-1-2-7-24-15)16-5-4-14(11-19(16)26-21)18-6-8-25-27-18/h1-8,11,13,23H,9-10,12H2,(H2,22,26)(H,25,27). The third kappa shape index (κ3) is 3.41. The first-order valence-corrected chi connectivity index (χ1v) is 9.45. The summed E-state index contributed by atoms with van der Waals surface area (Å²) in [6.07, 6.45) is 5.57. The van der Waals surface area contributed by atoms with E-state index in [1.807, 2.05) is 41.2 Å². The zero-order chi connectivity index (χ0) is 19.6. The zero-order valence-electron chi connectivity index (χ0n) is 15.7. The maximum Gasteiger partial charge on any atom is 0.152 e. The number of nitrogen functional groups attached to an aromatic ring is 1. The number of nitrogens with one attached hydrogen (secondary N) is 2. The van der Waals surface area contributed by atoms with Crippen molar-refractivity contribution in [3.05, 3.63) is 66.7 Å². The molecule has 0 saturated carbocycles. The monoisotopic (exact) mass is 384 g/mol. The largest absolute Gasteiger partial charge is 0.382 e.